The average molecular weight is 180 g/mol. The van der Waals surface area contributed by atoms with Gasteiger partial charge in [0.25, 0.3) is 0 Å². The summed E-state index contributed by atoms with van der Waals surface area (Å²) in [6.45, 7) is 5.17. The van der Waals surface area contributed by atoms with Crippen molar-refractivity contribution in [2.45, 2.75) is 20.5 Å². The summed E-state index contributed by atoms with van der Waals surface area (Å²) in [4.78, 5) is 0. The van der Waals surface area contributed by atoms with Crippen LogP contribution in [0.15, 0.2) is 18.2 Å². The summed E-state index contributed by atoms with van der Waals surface area (Å²) in [5.41, 5.74) is 3.78. The molecule has 0 N–H and O–H groups in total. The molecule has 1 rings (SSSR count). The molecular weight excluding hydrogens is 164 g/mol. The molecular formula is C11H16O2. The molecule has 0 heterocycles. The van der Waals surface area contributed by atoms with Crippen LogP contribution >= 0.6 is 0 Å². The Morgan fingerprint density at radius 2 is 2.00 bits per heavy atom. The summed E-state index contributed by atoms with van der Waals surface area (Å²) in [6, 6.07) is 6.35. The Morgan fingerprint density at radius 1 is 1.23 bits per heavy atom. The largest absolute Gasteiger partial charge is 0.359 e. The van der Waals surface area contributed by atoms with Crippen molar-refractivity contribution in [2.75, 3.05) is 13.9 Å². The third-order valence-electron chi connectivity index (χ3n) is 1.96. The van der Waals surface area contributed by atoms with Crippen LogP contribution in [0.2, 0.25) is 0 Å². The summed E-state index contributed by atoms with van der Waals surface area (Å²) in [7, 11) is 1.63. The van der Waals surface area contributed by atoms with Crippen molar-refractivity contribution in [2.24, 2.45) is 0 Å². The van der Waals surface area contributed by atoms with Crippen LogP contribution in [0.4, 0.5) is 0 Å². The SMILES string of the molecule is COCOCc1ccc(C)cc1C. The van der Waals surface area contributed by atoms with E-state index in [9.17, 15) is 0 Å². The maximum atomic E-state index is 5.27. The second kappa shape index (κ2) is 5.00. The number of rotatable bonds is 4. The van der Waals surface area contributed by atoms with E-state index in [0.29, 0.717) is 13.4 Å². The van der Waals surface area contributed by atoms with Gasteiger partial charge in [-0.25, -0.2) is 0 Å². The van der Waals surface area contributed by atoms with E-state index in [2.05, 4.69) is 32.0 Å². The zero-order valence-electron chi connectivity index (χ0n) is 8.46. The van der Waals surface area contributed by atoms with E-state index < -0.39 is 0 Å². The van der Waals surface area contributed by atoms with Crippen molar-refractivity contribution in [3.63, 3.8) is 0 Å². The highest BCUT2D eigenvalue weighted by Gasteiger charge is 1.97. The van der Waals surface area contributed by atoms with Crippen molar-refractivity contribution >= 4 is 0 Å². The highest BCUT2D eigenvalue weighted by molar-refractivity contribution is 5.29. The number of ether oxygens (including phenoxy) is 2. The Labute approximate surface area is 79.5 Å². The van der Waals surface area contributed by atoms with Crippen molar-refractivity contribution in [3.8, 4) is 0 Å². The molecule has 0 atom stereocenters. The van der Waals surface area contributed by atoms with E-state index in [1.807, 2.05) is 0 Å². The van der Waals surface area contributed by atoms with Crippen molar-refractivity contribution in [1.29, 1.82) is 0 Å². The van der Waals surface area contributed by atoms with E-state index in [-0.39, 0.29) is 0 Å². The maximum absolute atomic E-state index is 5.27. The first-order valence-corrected chi connectivity index (χ1v) is 4.37. The molecule has 0 aliphatic heterocycles. The van der Waals surface area contributed by atoms with Gasteiger partial charge >= 0.3 is 0 Å². The molecule has 0 aromatic heterocycles. The molecule has 1 aromatic carbocycles. The molecule has 0 spiro atoms. The molecule has 2 nitrogen and oxygen atoms in total. The number of aryl methyl sites for hydroxylation is 2. The van der Waals surface area contributed by atoms with Gasteiger partial charge < -0.3 is 9.47 Å². The monoisotopic (exact) mass is 180 g/mol. The molecule has 72 valence electrons. The molecule has 0 fully saturated rings. The zero-order valence-corrected chi connectivity index (χ0v) is 8.46. The summed E-state index contributed by atoms with van der Waals surface area (Å²) < 4.78 is 10.1. The molecule has 0 amide bonds. The van der Waals surface area contributed by atoms with Crippen LogP contribution in [0, 0.1) is 13.8 Å². The van der Waals surface area contributed by atoms with Crippen LogP contribution in [-0.2, 0) is 16.1 Å². The second-order valence-electron chi connectivity index (χ2n) is 3.18. The fourth-order valence-corrected chi connectivity index (χ4v) is 1.24. The first-order chi connectivity index (χ1) is 6.24. The lowest BCUT2D eigenvalue weighted by atomic mass is 10.1. The zero-order chi connectivity index (χ0) is 9.68. The number of hydrogen-bond donors (Lipinski definition) is 0. The molecule has 13 heavy (non-hydrogen) atoms. The molecule has 0 aliphatic rings. The Hall–Kier alpha value is -0.860. The predicted octanol–water partition coefficient (Wildman–Crippen LogP) is 2.42. The maximum Gasteiger partial charge on any atom is 0.146 e. The van der Waals surface area contributed by atoms with E-state index in [4.69, 9.17) is 9.47 Å². The molecule has 0 unspecified atom stereocenters. The molecule has 0 aliphatic carbocycles. The smallest absolute Gasteiger partial charge is 0.146 e. The number of hydrogen-bond acceptors (Lipinski definition) is 2. The van der Waals surface area contributed by atoms with Crippen LogP contribution in [0.25, 0.3) is 0 Å². The third kappa shape index (κ3) is 3.17. The van der Waals surface area contributed by atoms with Gasteiger partial charge in [-0.2, -0.15) is 0 Å². The lowest BCUT2D eigenvalue weighted by Crippen LogP contribution is -1.98. The molecule has 0 saturated carbocycles. The minimum absolute atomic E-state index is 0.354. The second-order valence-corrected chi connectivity index (χ2v) is 3.18. The van der Waals surface area contributed by atoms with Gasteiger partial charge in [-0.05, 0) is 25.0 Å². The van der Waals surface area contributed by atoms with E-state index in [0.717, 1.165) is 0 Å². The third-order valence-corrected chi connectivity index (χ3v) is 1.96. The van der Waals surface area contributed by atoms with Crippen molar-refractivity contribution in [3.05, 3.63) is 34.9 Å². The Balaban J connectivity index is 2.56. The summed E-state index contributed by atoms with van der Waals surface area (Å²) in [5, 5.41) is 0. The predicted molar refractivity (Wildman–Crippen MR) is 52.6 cm³/mol. The standard InChI is InChI=1S/C11H16O2/c1-9-4-5-11(10(2)6-9)7-13-8-12-3/h4-6H,7-8H2,1-3H3. The van der Waals surface area contributed by atoms with Gasteiger partial charge in [0, 0.05) is 7.11 Å². The van der Waals surface area contributed by atoms with Crippen LogP contribution in [0.5, 0.6) is 0 Å². The Kier molecular flexibility index (Phi) is 3.93. The van der Waals surface area contributed by atoms with Gasteiger partial charge in [0.2, 0.25) is 0 Å². The minimum Gasteiger partial charge on any atom is -0.359 e. The van der Waals surface area contributed by atoms with Gasteiger partial charge in [0.15, 0.2) is 0 Å². The topological polar surface area (TPSA) is 18.5 Å². The normalized spacial score (nSPS) is 10.4. The van der Waals surface area contributed by atoms with Gasteiger partial charge in [-0.3, -0.25) is 0 Å². The average Bonchev–Trinajstić information content (AvgIpc) is 2.09. The van der Waals surface area contributed by atoms with E-state index >= 15 is 0 Å². The summed E-state index contributed by atoms with van der Waals surface area (Å²) in [6.07, 6.45) is 0. The summed E-state index contributed by atoms with van der Waals surface area (Å²) in [5.74, 6) is 0. The summed E-state index contributed by atoms with van der Waals surface area (Å²) >= 11 is 0. The lowest BCUT2D eigenvalue weighted by Gasteiger charge is -2.06. The van der Waals surface area contributed by atoms with Crippen LogP contribution in [-0.4, -0.2) is 13.9 Å². The van der Waals surface area contributed by atoms with Crippen molar-refractivity contribution in [1.82, 2.24) is 0 Å². The van der Waals surface area contributed by atoms with E-state index in [1.54, 1.807) is 7.11 Å². The van der Waals surface area contributed by atoms with Crippen LogP contribution < -0.4 is 0 Å². The number of methoxy groups -OCH3 is 1. The molecule has 0 bridgehead atoms. The minimum atomic E-state index is 0.354. The van der Waals surface area contributed by atoms with Crippen LogP contribution in [0.3, 0.4) is 0 Å². The fraction of sp³-hybridized carbons (Fsp3) is 0.455. The number of benzene rings is 1. The van der Waals surface area contributed by atoms with Gasteiger partial charge in [-0.1, -0.05) is 23.8 Å². The highest BCUT2D eigenvalue weighted by Crippen LogP contribution is 2.11. The first kappa shape index (κ1) is 10.2. The van der Waals surface area contributed by atoms with E-state index in [1.165, 1.54) is 16.7 Å². The van der Waals surface area contributed by atoms with Gasteiger partial charge in [0.1, 0.15) is 6.79 Å². The van der Waals surface area contributed by atoms with Gasteiger partial charge in [0.05, 0.1) is 6.61 Å². The lowest BCUT2D eigenvalue weighted by molar-refractivity contribution is -0.0392. The Bertz CT molecular complexity index is 269. The van der Waals surface area contributed by atoms with Crippen LogP contribution in [0.1, 0.15) is 16.7 Å². The highest BCUT2D eigenvalue weighted by atomic mass is 16.7. The van der Waals surface area contributed by atoms with Crippen molar-refractivity contribution < 1.29 is 9.47 Å². The molecule has 2 heteroatoms. The first-order valence-electron chi connectivity index (χ1n) is 4.37. The molecule has 1 aromatic rings. The Morgan fingerprint density at radius 3 is 2.62 bits per heavy atom. The molecule has 0 radical (unpaired) electrons. The fourth-order valence-electron chi connectivity index (χ4n) is 1.24. The van der Waals surface area contributed by atoms with Gasteiger partial charge in [-0.15, -0.1) is 0 Å². The molecule has 0 saturated heterocycles. The quantitative estimate of drug-likeness (QED) is 0.523.